The highest BCUT2D eigenvalue weighted by atomic mass is 19.1. The first kappa shape index (κ1) is 12.3. The van der Waals surface area contributed by atoms with E-state index in [1.54, 1.807) is 6.92 Å². The smallest absolute Gasteiger partial charge is 0.305 e. The van der Waals surface area contributed by atoms with Crippen molar-refractivity contribution in [2.45, 2.75) is 19.4 Å². The number of hydrogen-bond acceptors (Lipinski definition) is 3. The van der Waals surface area contributed by atoms with Crippen LogP contribution in [0.1, 0.15) is 13.3 Å². The average Bonchev–Trinajstić information content (AvgIpc) is 2.30. The van der Waals surface area contributed by atoms with E-state index in [0.717, 1.165) is 0 Å². The number of ether oxygens (including phenoxy) is 1. The predicted octanol–water partition coefficient (Wildman–Crippen LogP) is 1.41. The molecule has 0 radical (unpaired) electrons. The molecular formula is C12H12FNO4. The minimum atomic E-state index is -1.01. The van der Waals surface area contributed by atoms with E-state index in [-0.39, 0.29) is 24.6 Å². The fourth-order valence-electron chi connectivity index (χ4n) is 1.82. The van der Waals surface area contributed by atoms with Gasteiger partial charge < -0.3 is 14.7 Å². The number of halogens is 1. The standard InChI is InChI=1S/C12H12FNO4/c1-7-12(17)14(5-4-11(15)16)9-6-8(13)2-3-10(9)18-7/h2-3,6-7H,4-5H2,1H3,(H,15,16). The van der Waals surface area contributed by atoms with Gasteiger partial charge in [-0.25, -0.2) is 4.39 Å². The number of amides is 1. The summed E-state index contributed by atoms with van der Waals surface area (Å²) in [7, 11) is 0. The summed E-state index contributed by atoms with van der Waals surface area (Å²) >= 11 is 0. The van der Waals surface area contributed by atoms with Crippen LogP contribution in [0, 0.1) is 5.82 Å². The lowest BCUT2D eigenvalue weighted by Gasteiger charge is -2.32. The second-order valence-electron chi connectivity index (χ2n) is 4.01. The molecule has 1 heterocycles. The molecule has 1 unspecified atom stereocenters. The molecule has 2 rings (SSSR count). The maximum atomic E-state index is 13.2. The van der Waals surface area contributed by atoms with E-state index in [2.05, 4.69) is 0 Å². The number of benzene rings is 1. The maximum Gasteiger partial charge on any atom is 0.305 e. The van der Waals surface area contributed by atoms with E-state index in [1.165, 1.54) is 23.1 Å². The third kappa shape index (κ3) is 2.27. The summed E-state index contributed by atoms with van der Waals surface area (Å²) in [5.74, 6) is -1.50. The molecule has 1 atom stereocenters. The number of rotatable bonds is 3. The van der Waals surface area contributed by atoms with Gasteiger partial charge >= 0.3 is 5.97 Å². The topological polar surface area (TPSA) is 66.8 Å². The molecule has 1 aliphatic rings. The molecule has 1 amide bonds. The number of nitrogens with zero attached hydrogens (tertiary/aromatic N) is 1. The van der Waals surface area contributed by atoms with Crippen LogP contribution < -0.4 is 9.64 Å². The van der Waals surface area contributed by atoms with Crippen LogP contribution in [-0.2, 0) is 9.59 Å². The van der Waals surface area contributed by atoms with Crippen LogP contribution in [0.5, 0.6) is 5.75 Å². The van der Waals surface area contributed by atoms with Gasteiger partial charge in [-0.2, -0.15) is 0 Å². The highest BCUT2D eigenvalue weighted by molar-refractivity contribution is 6.00. The molecule has 0 bridgehead atoms. The summed E-state index contributed by atoms with van der Waals surface area (Å²) in [6.07, 6.45) is -0.897. The number of anilines is 1. The Bertz CT molecular complexity index is 503. The number of aliphatic carboxylic acids is 1. The summed E-state index contributed by atoms with van der Waals surface area (Å²) in [6, 6.07) is 3.83. The molecule has 6 heteroatoms. The second kappa shape index (κ2) is 4.64. The maximum absolute atomic E-state index is 13.2. The molecule has 0 saturated carbocycles. The van der Waals surface area contributed by atoms with E-state index in [1.807, 2.05) is 0 Å². The Hall–Kier alpha value is -2.11. The average molecular weight is 253 g/mol. The minimum Gasteiger partial charge on any atom is -0.481 e. The molecule has 96 valence electrons. The minimum absolute atomic E-state index is 0.00167. The molecule has 1 aromatic carbocycles. The van der Waals surface area contributed by atoms with Crippen molar-refractivity contribution >= 4 is 17.6 Å². The predicted molar refractivity (Wildman–Crippen MR) is 61.1 cm³/mol. The van der Waals surface area contributed by atoms with Crippen LogP contribution in [0.4, 0.5) is 10.1 Å². The van der Waals surface area contributed by atoms with Gasteiger partial charge in [-0.05, 0) is 19.1 Å². The van der Waals surface area contributed by atoms with Crippen molar-refractivity contribution < 1.29 is 23.8 Å². The lowest BCUT2D eigenvalue weighted by molar-refractivity contribution is -0.136. The van der Waals surface area contributed by atoms with Gasteiger partial charge in [-0.1, -0.05) is 0 Å². The summed E-state index contributed by atoms with van der Waals surface area (Å²) in [5, 5.41) is 8.66. The molecule has 1 aromatic rings. The highest BCUT2D eigenvalue weighted by Crippen LogP contribution is 2.34. The molecule has 0 saturated heterocycles. The molecule has 0 spiro atoms. The van der Waals surface area contributed by atoms with Crippen molar-refractivity contribution in [3.8, 4) is 5.75 Å². The molecule has 1 N–H and O–H groups in total. The van der Waals surface area contributed by atoms with Gasteiger partial charge in [0.2, 0.25) is 0 Å². The van der Waals surface area contributed by atoms with Crippen molar-refractivity contribution in [2.75, 3.05) is 11.4 Å². The van der Waals surface area contributed by atoms with Crippen molar-refractivity contribution in [3.05, 3.63) is 24.0 Å². The van der Waals surface area contributed by atoms with Crippen molar-refractivity contribution in [1.29, 1.82) is 0 Å². The number of fused-ring (bicyclic) bond motifs is 1. The van der Waals surface area contributed by atoms with Gasteiger partial charge in [0.1, 0.15) is 11.6 Å². The third-order valence-corrected chi connectivity index (χ3v) is 2.68. The van der Waals surface area contributed by atoms with Crippen LogP contribution in [0.2, 0.25) is 0 Å². The highest BCUT2D eigenvalue weighted by Gasteiger charge is 2.31. The van der Waals surface area contributed by atoms with Gasteiger partial charge in [-0.15, -0.1) is 0 Å². The third-order valence-electron chi connectivity index (χ3n) is 2.68. The monoisotopic (exact) mass is 253 g/mol. The summed E-state index contributed by atoms with van der Waals surface area (Å²) in [6.45, 7) is 1.57. The largest absolute Gasteiger partial charge is 0.481 e. The Morgan fingerprint density at radius 2 is 2.28 bits per heavy atom. The number of carboxylic acids is 1. The Morgan fingerprint density at radius 1 is 1.56 bits per heavy atom. The van der Waals surface area contributed by atoms with Crippen LogP contribution >= 0.6 is 0 Å². The Kier molecular flexibility index (Phi) is 3.18. The molecule has 0 aromatic heterocycles. The van der Waals surface area contributed by atoms with Crippen molar-refractivity contribution in [2.24, 2.45) is 0 Å². The molecule has 0 aliphatic carbocycles. The molecule has 1 aliphatic heterocycles. The summed E-state index contributed by atoms with van der Waals surface area (Å²) in [5.41, 5.74) is 0.277. The van der Waals surface area contributed by atoms with E-state index < -0.39 is 17.9 Å². The first-order chi connectivity index (χ1) is 8.49. The number of carbonyl (C=O) groups is 2. The molecule has 0 fully saturated rings. The first-order valence-corrected chi connectivity index (χ1v) is 5.48. The van der Waals surface area contributed by atoms with E-state index in [4.69, 9.17) is 9.84 Å². The zero-order chi connectivity index (χ0) is 13.3. The number of carboxylic acid groups (broad SMARTS) is 1. The van der Waals surface area contributed by atoms with Gasteiger partial charge in [0.05, 0.1) is 12.1 Å². The van der Waals surface area contributed by atoms with E-state index >= 15 is 0 Å². The normalized spacial score (nSPS) is 18.2. The van der Waals surface area contributed by atoms with Gasteiger partial charge in [0.15, 0.2) is 6.10 Å². The van der Waals surface area contributed by atoms with E-state index in [0.29, 0.717) is 5.75 Å². The van der Waals surface area contributed by atoms with Gasteiger partial charge in [0.25, 0.3) is 5.91 Å². The van der Waals surface area contributed by atoms with Crippen molar-refractivity contribution in [3.63, 3.8) is 0 Å². The van der Waals surface area contributed by atoms with Crippen molar-refractivity contribution in [1.82, 2.24) is 0 Å². The fraction of sp³-hybridized carbons (Fsp3) is 0.333. The molecular weight excluding hydrogens is 241 g/mol. The van der Waals surface area contributed by atoms with Crippen LogP contribution in [0.3, 0.4) is 0 Å². The first-order valence-electron chi connectivity index (χ1n) is 5.48. The second-order valence-corrected chi connectivity index (χ2v) is 4.01. The lowest BCUT2D eigenvalue weighted by atomic mass is 10.1. The van der Waals surface area contributed by atoms with Gasteiger partial charge in [0, 0.05) is 12.6 Å². The zero-order valence-electron chi connectivity index (χ0n) is 9.72. The quantitative estimate of drug-likeness (QED) is 0.884. The lowest BCUT2D eigenvalue weighted by Crippen LogP contribution is -2.45. The van der Waals surface area contributed by atoms with Crippen LogP contribution in [-0.4, -0.2) is 29.6 Å². The van der Waals surface area contributed by atoms with Crippen LogP contribution in [0.15, 0.2) is 18.2 Å². The Morgan fingerprint density at radius 3 is 2.94 bits per heavy atom. The number of hydrogen-bond donors (Lipinski definition) is 1. The summed E-state index contributed by atoms with van der Waals surface area (Å²) < 4.78 is 18.5. The molecule has 18 heavy (non-hydrogen) atoms. The summed E-state index contributed by atoms with van der Waals surface area (Å²) in [4.78, 5) is 23.7. The Labute approximate surface area is 103 Å². The fourth-order valence-corrected chi connectivity index (χ4v) is 1.82. The zero-order valence-corrected chi connectivity index (χ0v) is 9.72. The van der Waals surface area contributed by atoms with Crippen LogP contribution in [0.25, 0.3) is 0 Å². The van der Waals surface area contributed by atoms with E-state index in [9.17, 15) is 14.0 Å². The Balaban J connectivity index is 2.34. The SMILES string of the molecule is CC1Oc2ccc(F)cc2N(CCC(=O)O)C1=O. The van der Waals surface area contributed by atoms with Gasteiger partial charge in [-0.3, -0.25) is 9.59 Å². The molecule has 5 nitrogen and oxygen atoms in total. The number of carbonyl (C=O) groups excluding carboxylic acids is 1.